The van der Waals surface area contributed by atoms with E-state index in [1.807, 2.05) is 32.0 Å². The van der Waals surface area contributed by atoms with Crippen LogP contribution in [0.3, 0.4) is 0 Å². The van der Waals surface area contributed by atoms with E-state index >= 15 is 0 Å². The molecule has 0 radical (unpaired) electrons. The van der Waals surface area contributed by atoms with Crippen molar-refractivity contribution in [2.75, 3.05) is 19.8 Å². The number of halogens is 1. The van der Waals surface area contributed by atoms with Gasteiger partial charge in [0.2, 0.25) is 0 Å². The Kier molecular flexibility index (Phi) is 5.70. The van der Waals surface area contributed by atoms with Crippen LogP contribution in [0.25, 0.3) is 5.69 Å². The molecule has 0 N–H and O–H groups in total. The lowest BCUT2D eigenvalue weighted by Gasteiger charge is -2.25. The molecule has 1 aromatic heterocycles. The number of nitrogens with zero attached hydrogens (tertiary/aromatic N) is 3. The van der Waals surface area contributed by atoms with Crippen molar-refractivity contribution in [1.29, 1.82) is 0 Å². The predicted molar refractivity (Wildman–Crippen MR) is 111 cm³/mol. The first-order valence-electron chi connectivity index (χ1n) is 10.1. The van der Waals surface area contributed by atoms with E-state index in [4.69, 9.17) is 9.47 Å². The summed E-state index contributed by atoms with van der Waals surface area (Å²) in [7, 11) is 0. The molecule has 3 aromatic rings. The molecule has 0 fully saturated rings. The number of carbonyl (C=O) groups excluding carboxylic acids is 1. The molecular formula is C23H24FN3O3. The van der Waals surface area contributed by atoms with Crippen molar-refractivity contribution in [2.24, 2.45) is 0 Å². The van der Waals surface area contributed by atoms with Gasteiger partial charge in [0.25, 0.3) is 5.91 Å². The van der Waals surface area contributed by atoms with E-state index in [1.165, 1.54) is 12.1 Å². The molecule has 156 valence electrons. The van der Waals surface area contributed by atoms with Crippen LogP contribution in [0.4, 0.5) is 4.39 Å². The average Bonchev–Trinajstić information content (AvgIpc) is 3.21. The van der Waals surface area contributed by atoms with Gasteiger partial charge in [0.05, 0.1) is 23.1 Å². The van der Waals surface area contributed by atoms with Gasteiger partial charge in [-0.3, -0.25) is 4.79 Å². The summed E-state index contributed by atoms with van der Waals surface area (Å²) in [6.07, 6.45) is 2.21. The molecule has 2 heterocycles. The zero-order chi connectivity index (χ0) is 21.1. The molecular weight excluding hydrogens is 385 g/mol. The Bertz CT molecular complexity index is 1050. The minimum absolute atomic E-state index is 0.1000. The Balaban J connectivity index is 1.62. The highest BCUT2D eigenvalue weighted by Crippen LogP contribution is 2.34. The summed E-state index contributed by atoms with van der Waals surface area (Å²) in [4.78, 5) is 15.1. The van der Waals surface area contributed by atoms with Crippen molar-refractivity contribution >= 4 is 5.91 Å². The molecule has 0 aliphatic carbocycles. The van der Waals surface area contributed by atoms with Crippen LogP contribution >= 0.6 is 0 Å². The molecule has 2 aromatic carbocycles. The van der Waals surface area contributed by atoms with E-state index in [-0.39, 0.29) is 11.7 Å². The van der Waals surface area contributed by atoms with Crippen LogP contribution in [-0.2, 0) is 13.0 Å². The Morgan fingerprint density at radius 3 is 2.63 bits per heavy atom. The monoisotopic (exact) mass is 409 g/mol. The summed E-state index contributed by atoms with van der Waals surface area (Å²) in [5.41, 5.74) is 2.97. The number of benzene rings is 2. The molecule has 6 nitrogen and oxygen atoms in total. The highest BCUT2D eigenvalue weighted by molar-refractivity contribution is 5.95. The van der Waals surface area contributed by atoms with Crippen LogP contribution < -0.4 is 9.47 Å². The van der Waals surface area contributed by atoms with E-state index in [9.17, 15) is 9.18 Å². The van der Waals surface area contributed by atoms with Gasteiger partial charge in [-0.15, -0.1) is 0 Å². The number of rotatable bonds is 6. The summed E-state index contributed by atoms with van der Waals surface area (Å²) in [6, 6.07) is 11.8. The number of carbonyl (C=O) groups is 1. The summed E-state index contributed by atoms with van der Waals surface area (Å²) >= 11 is 0. The lowest BCUT2D eigenvalue weighted by molar-refractivity contribution is 0.0748. The number of fused-ring (bicyclic) bond motifs is 1. The molecule has 1 amide bonds. The molecule has 0 spiro atoms. The van der Waals surface area contributed by atoms with Gasteiger partial charge in [-0.05, 0) is 43.7 Å². The van der Waals surface area contributed by atoms with E-state index in [0.29, 0.717) is 49.8 Å². The SMILES string of the molecule is CCc1c(C(=O)N(CC)Cc2cccc3c2OCCO3)cnn1-c1ccc(F)cc1. The number of hydrogen-bond acceptors (Lipinski definition) is 4. The van der Waals surface area contributed by atoms with Crippen molar-refractivity contribution in [3.63, 3.8) is 0 Å². The molecule has 0 atom stereocenters. The van der Waals surface area contributed by atoms with Gasteiger partial charge in [0.15, 0.2) is 11.5 Å². The Morgan fingerprint density at radius 2 is 1.90 bits per heavy atom. The van der Waals surface area contributed by atoms with Gasteiger partial charge in [-0.25, -0.2) is 9.07 Å². The summed E-state index contributed by atoms with van der Waals surface area (Å²) in [5.74, 6) is 1.00. The van der Waals surface area contributed by atoms with Gasteiger partial charge in [-0.2, -0.15) is 5.10 Å². The van der Waals surface area contributed by atoms with Crippen molar-refractivity contribution < 1.29 is 18.7 Å². The largest absolute Gasteiger partial charge is 0.486 e. The lowest BCUT2D eigenvalue weighted by atomic mass is 10.1. The van der Waals surface area contributed by atoms with Crippen molar-refractivity contribution in [3.8, 4) is 17.2 Å². The number of para-hydroxylation sites is 1. The zero-order valence-electron chi connectivity index (χ0n) is 17.1. The third kappa shape index (κ3) is 3.75. The van der Waals surface area contributed by atoms with Crippen LogP contribution in [0.2, 0.25) is 0 Å². The minimum Gasteiger partial charge on any atom is -0.486 e. The van der Waals surface area contributed by atoms with Crippen molar-refractivity contribution in [2.45, 2.75) is 26.8 Å². The van der Waals surface area contributed by atoms with Crippen LogP contribution in [0.15, 0.2) is 48.7 Å². The zero-order valence-corrected chi connectivity index (χ0v) is 17.1. The maximum Gasteiger partial charge on any atom is 0.257 e. The normalized spacial score (nSPS) is 12.6. The Hall–Kier alpha value is -3.35. The Morgan fingerprint density at radius 1 is 1.13 bits per heavy atom. The fourth-order valence-electron chi connectivity index (χ4n) is 3.66. The van der Waals surface area contributed by atoms with Crippen LogP contribution in [0.5, 0.6) is 11.5 Å². The second-order valence-corrected chi connectivity index (χ2v) is 7.01. The first-order chi connectivity index (χ1) is 14.6. The highest BCUT2D eigenvalue weighted by atomic mass is 19.1. The molecule has 4 rings (SSSR count). The minimum atomic E-state index is -0.310. The number of hydrogen-bond donors (Lipinski definition) is 0. The molecule has 1 aliphatic heterocycles. The molecule has 30 heavy (non-hydrogen) atoms. The fourth-order valence-corrected chi connectivity index (χ4v) is 3.66. The fraction of sp³-hybridized carbons (Fsp3) is 0.304. The summed E-state index contributed by atoms with van der Waals surface area (Å²) in [6.45, 7) is 5.88. The average molecular weight is 409 g/mol. The quantitative estimate of drug-likeness (QED) is 0.617. The van der Waals surface area contributed by atoms with Crippen molar-refractivity contribution in [1.82, 2.24) is 14.7 Å². The topological polar surface area (TPSA) is 56.6 Å². The van der Waals surface area contributed by atoms with E-state index in [1.54, 1.807) is 27.9 Å². The summed E-state index contributed by atoms with van der Waals surface area (Å²) in [5, 5.41) is 4.40. The first kappa shape index (κ1) is 19.9. The standard InChI is InChI=1S/C23H24FN3O3/c1-3-20-19(14-25-27(20)18-10-8-17(24)9-11-18)23(28)26(4-2)15-16-6-5-7-21-22(16)30-13-12-29-21/h5-11,14H,3-4,12-13,15H2,1-2H3. The first-order valence-corrected chi connectivity index (χ1v) is 10.1. The maximum absolute atomic E-state index is 13.4. The lowest BCUT2D eigenvalue weighted by Crippen LogP contribution is -2.31. The second kappa shape index (κ2) is 8.57. The number of ether oxygens (including phenoxy) is 2. The predicted octanol–water partition coefficient (Wildman–Crippen LogP) is 4.01. The highest BCUT2D eigenvalue weighted by Gasteiger charge is 2.24. The maximum atomic E-state index is 13.4. The second-order valence-electron chi connectivity index (χ2n) is 7.01. The third-order valence-electron chi connectivity index (χ3n) is 5.18. The molecule has 0 bridgehead atoms. The van der Waals surface area contributed by atoms with Crippen molar-refractivity contribution in [3.05, 3.63) is 71.3 Å². The van der Waals surface area contributed by atoms with Crippen LogP contribution in [-0.4, -0.2) is 40.3 Å². The molecule has 0 saturated carbocycles. The molecule has 0 saturated heterocycles. The van der Waals surface area contributed by atoms with Crippen LogP contribution in [0.1, 0.15) is 35.5 Å². The van der Waals surface area contributed by atoms with Gasteiger partial charge < -0.3 is 14.4 Å². The number of aromatic nitrogens is 2. The number of amides is 1. The van der Waals surface area contributed by atoms with Gasteiger partial charge in [-0.1, -0.05) is 19.1 Å². The Labute approximate surface area is 174 Å². The van der Waals surface area contributed by atoms with E-state index in [2.05, 4.69) is 5.10 Å². The van der Waals surface area contributed by atoms with Gasteiger partial charge in [0, 0.05) is 18.7 Å². The smallest absolute Gasteiger partial charge is 0.257 e. The molecule has 0 unspecified atom stereocenters. The van der Waals surface area contributed by atoms with E-state index in [0.717, 1.165) is 16.9 Å². The third-order valence-corrected chi connectivity index (χ3v) is 5.18. The van der Waals surface area contributed by atoms with Gasteiger partial charge in [0.1, 0.15) is 19.0 Å². The van der Waals surface area contributed by atoms with Crippen LogP contribution in [0, 0.1) is 5.82 Å². The summed E-state index contributed by atoms with van der Waals surface area (Å²) < 4.78 is 26.4. The molecule has 7 heteroatoms. The van der Waals surface area contributed by atoms with Gasteiger partial charge >= 0.3 is 0 Å². The molecule has 1 aliphatic rings. The van der Waals surface area contributed by atoms with E-state index < -0.39 is 0 Å².